The van der Waals surface area contributed by atoms with Crippen molar-refractivity contribution in [3.8, 4) is 0 Å². The van der Waals surface area contributed by atoms with Gasteiger partial charge >= 0.3 is 0 Å². The minimum Gasteiger partial charge on any atom is -0.378 e. The zero-order chi connectivity index (χ0) is 12.0. The fourth-order valence-electron chi connectivity index (χ4n) is 1.52. The summed E-state index contributed by atoms with van der Waals surface area (Å²) in [5.74, 6) is 0. The third-order valence-corrected chi connectivity index (χ3v) is 2.51. The van der Waals surface area contributed by atoms with Crippen molar-refractivity contribution in [2.45, 2.75) is 32.7 Å². The average molecular weight is 222 g/mol. The van der Waals surface area contributed by atoms with E-state index >= 15 is 0 Å². The molecule has 1 aromatic rings. The van der Waals surface area contributed by atoms with Gasteiger partial charge < -0.3 is 5.32 Å². The first-order valence-electron chi connectivity index (χ1n) is 5.57. The maximum Gasteiger partial charge on any atom is 0.230 e. The van der Waals surface area contributed by atoms with E-state index in [1.54, 1.807) is 0 Å². The number of anilines is 1. The first-order valence-corrected chi connectivity index (χ1v) is 5.57. The smallest absolute Gasteiger partial charge is 0.230 e. The first-order chi connectivity index (χ1) is 7.63. The quantitative estimate of drug-likeness (QED) is 0.594. The van der Waals surface area contributed by atoms with Crippen LogP contribution in [0.15, 0.2) is 24.3 Å². The molecule has 0 saturated heterocycles. The molecule has 1 rings (SSSR count). The Bertz CT molecular complexity index is 335. The van der Waals surface area contributed by atoms with Crippen LogP contribution in [0.4, 0.5) is 5.69 Å². The number of benzene rings is 1. The van der Waals surface area contributed by atoms with Crippen LogP contribution in [0, 0.1) is 17.0 Å². The SMILES string of the molecule is CCCC(CNc1ccc(C)cc1)[N+](=O)[O-]. The third kappa shape index (κ3) is 3.88. The van der Waals surface area contributed by atoms with Crippen molar-refractivity contribution in [2.24, 2.45) is 0 Å². The molecule has 1 atom stereocenters. The van der Waals surface area contributed by atoms with Crippen LogP contribution in [0.5, 0.6) is 0 Å². The highest BCUT2D eigenvalue weighted by atomic mass is 16.6. The Hall–Kier alpha value is -1.58. The number of nitro groups is 1. The number of nitrogens with zero attached hydrogens (tertiary/aromatic N) is 1. The van der Waals surface area contributed by atoms with E-state index in [-0.39, 0.29) is 4.92 Å². The molecule has 0 radical (unpaired) electrons. The molecule has 0 heterocycles. The largest absolute Gasteiger partial charge is 0.378 e. The van der Waals surface area contributed by atoms with Gasteiger partial charge in [-0.15, -0.1) is 0 Å². The number of hydrogen-bond donors (Lipinski definition) is 1. The van der Waals surface area contributed by atoms with Gasteiger partial charge in [0.15, 0.2) is 0 Å². The summed E-state index contributed by atoms with van der Waals surface area (Å²) in [5.41, 5.74) is 2.12. The molecule has 0 spiro atoms. The van der Waals surface area contributed by atoms with Crippen LogP contribution in [0.2, 0.25) is 0 Å². The van der Waals surface area contributed by atoms with Gasteiger partial charge in [0.2, 0.25) is 6.04 Å². The molecular weight excluding hydrogens is 204 g/mol. The van der Waals surface area contributed by atoms with E-state index in [1.807, 2.05) is 38.1 Å². The molecule has 4 heteroatoms. The Labute approximate surface area is 95.8 Å². The Balaban J connectivity index is 2.48. The summed E-state index contributed by atoms with van der Waals surface area (Å²) in [6.45, 7) is 4.37. The summed E-state index contributed by atoms with van der Waals surface area (Å²) in [4.78, 5) is 10.5. The van der Waals surface area contributed by atoms with Gasteiger partial charge in [0.25, 0.3) is 0 Å². The predicted molar refractivity (Wildman–Crippen MR) is 65.4 cm³/mol. The minimum atomic E-state index is -0.494. The molecule has 0 bridgehead atoms. The van der Waals surface area contributed by atoms with Gasteiger partial charge in [-0.3, -0.25) is 10.1 Å². The fraction of sp³-hybridized carbons (Fsp3) is 0.500. The Kier molecular flexibility index (Phi) is 4.76. The molecule has 88 valence electrons. The number of aryl methyl sites for hydroxylation is 1. The van der Waals surface area contributed by atoms with Crippen molar-refractivity contribution in [1.82, 2.24) is 0 Å². The minimum absolute atomic E-state index is 0.204. The zero-order valence-corrected chi connectivity index (χ0v) is 9.77. The highest BCUT2D eigenvalue weighted by Gasteiger charge is 2.17. The van der Waals surface area contributed by atoms with E-state index in [0.717, 1.165) is 12.1 Å². The highest BCUT2D eigenvalue weighted by molar-refractivity contribution is 5.44. The summed E-state index contributed by atoms with van der Waals surface area (Å²) in [7, 11) is 0. The third-order valence-electron chi connectivity index (χ3n) is 2.51. The van der Waals surface area contributed by atoms with Crippen LogP contribution in [-0.2, 0) is 0 Å². The molecular formula is C12H18N2O2. The van der Waals surface area contributed by atoms with Gasteiger partial charge in [0.1, 0.15) is 0 Å². The summed E-state index contributed by atoms with van der Waals surface area (Å²) < 4.78 is 0. The van der Waals surface area contributed by atoms with E-state index in [4.69, 9.17) is 0 Å². The highest BCUT2D eigenvalue weighted by Crippen LogP contribution is 2.10. The normalized spacial score (nSPS) is 12.1. The van der Waals surface area contributed by atoms with Crippen molar-refractivity contribution in [3.05, 3.63) is 39.9 Å². The molecule has 4 nitrogen and oxygen atoms in total. The molecule has 0 amide bonds. The van der Waals surface area contributed by atoms with Crippen LogP contribution in [0.3, 0.4) is 0 Å². The van der Waals surface area contributed by atoms with Crippen molar-refractivity contribution in [3.63, 3.8) is 0 Å². The molecule has 0 aliphatic rings. The van der Waals surface area contributed by atoms with Gasteiger partial charge in [0, 0.05) is 17.0 Å². The van der Waals surface area contributed by atoms with Crippen LogP contribution < -0.4 is 5.32 Å². The maximum atomic E-state index is 10.7. The lowest BCUT2D eigenvalue weighted by molar-refractivity contribution is -0.519. The standard InChI is InChI=1S/C12H18N2O2/c1-3-4-12(14(15)16)9-13-11-7-5-10(2)6-8-11/h5-8,12-13H,3-4,9H2,1-2H3. The lowest BCUT2D eigenvalue weighted by Crippen LogP contribution is -2.28. The van der Waals surface area contributed by atoms with Crippen molar-refractivity contribution in [2.75, 3.05) is 11.9 Å². The van der Waals surface area contributed by atoms with Crippen LogP contribution in [0.25, 0.3) is 0 Å². The second-order valence-electron chi connectivity index (χ2n) is 3.97. The lowest BCUT2D eigenvalue weighted by atomic mass is 10.1. The second-order valence-corrected chi connectivity index (χ2v) is 3.97. The predicted octanol–water partition coefficient (Wildman–Crippen LogP) is 2.85. The van der Waals surface area contributed by atoms with E-state index < -0.39 is 6.04 Å². The van der Waals surface area contributed by atoms with Crippen LogP contribution >= 0.6 is 0 Å². The van der Waals surface area contributed by atoms with E-state index in [2.05, 4.69) is 5.32 Å². The van der Waals surface area contributed by atoms with Gasteiger partial charge in [0.05, 0.1) is 6.54 Å². The molecule has 0 saturated carbocycles. The topological polar surface area (TPSA) is 55.2 Å². The van der Waals surface area contributed by atoms with Crippen molar-refractivity contribution < 1.29 is 4.92 Å². The molecule has 1 N–H and O–H groups in total. The van der Waals surface area contributed by atoms with E-state index in [9.17, 15) is 10.1 Å². The molecule has 1 aromatic carbocycles. The van der Waals surface area contributed by atoms with Crippen LogP contribution in [-0.4, -0.2) is 17.5 Å². The van der Waals surface area contributed by atoms with Crippen molar-refractivity contribution in [1.29, 1.82) is 0 Å². The fourth-order valence-corrected chi connectivity index (χ4v) is 1.52. The van der Waals surface area contributed by atoms with E-state index in [0.29, 0.717) is 13.0 Å². The first kappa shape index (κ1) is 12.5. The summed E-state index contributed by atoms with van der Waals surface area (Å²) in [5, 5.41) is 13.8. The zero-order valence-electron chi connectivity index (χ0n) is 9.77. The maximum absolute atomic E-state index is 10.7. The van der Waals surface area contributed by atoms with Gasteiger partial charge in [-0.2, -0.15) is 0 Å². The Morgan fingerprint density at radius 1 is 1.38 bits per heavy atom. The molecule has 1 unspecified atom stereocenters. The summed E-state index contributed by atoms with van der Waals surface area (Å²) in [6.07, 6.45) is 1.45. The van der Waals surface area contributed by atoms with Gasteiger partial charge in [-0.25, -0.2) is 0 Å². The van der Waals surface area contributed by atoms with E-state index in [1.165, 1.54) is 5.56 Å². The van der Waals surface area contributed by atoms with Gasteiger partial charge in [-0.1, -0.05) is 24.6 Å². The Morgan fingerprint density at radius 3 is 2.50 bits per heavy atom. The monoisotopic (exact) mass is 222 g/mol. The lowest BCUT2D eigenvalue weighted by Gasteiger charge is -2.10. The molecule has 16 heavy (non-hydrogen) atoms. The average Bonchev–Trinajstić information content (AvgIpc) is 2.26. The molecule has 0 aliphatic carbocycles. The summed E-state index contributed by atoms with van der Waals surface area (Å²) >= 11 is 0. The molecule has 0 aliphatic heterocycles. The number of rotatable bonds is 6. The second kappa shape index (κ2) is 6.10. The Morgan fingerprint density at radius 2 is 2.00 bits per heavy atom. The molecule has 0 fully saturated rings. The van der Waals surface area contributed by atoms with Crippen molar-refractivity contribution >= 4 is 5.69 Å². The number of hydrogen-bond acceptors (Lipinski definition) is 3. The number of nitrogens with one attached hydrogen (secondary N) is 1. The van der Waals surface area contributed by atoms with Crippen LogP contribution in [0.1, 0.15) is 25.3 Å². The van der Waals surface area contributed by atoms with Gasteiger partial charge in [-0.05, 0) is 25.5 Å². The molecule has 0 aromatic heterocycles. The summed E-state index contributed by atoms with van der Waals surface area (Å²) in [6, 6.07) is 7.37.